The molecule has 8 nitrogen and oxygen atoms in total. The number of nitrogens with two attached hydrogens (primary N) is 1. The predicted molar refractivity (Wildman–Crippen MR) is 122 cm³/mol. The smallest absolute Gasteiger partial charge is 0.257 e. The number of amides is 1. The third-order valence-electron chi connectivity index (χ3n) is 4.71. The van der Waals surface area contributed by atoms with E-state index in [1.165, 1.54) is 4.68 Å². The number of nitrogens with one attached hydrogen (secondary N) is 1. The fourth-order valence-corrected chi connectivity index (χ4v) is 3.88. The molecule has 0 aliphatic rings. The number of carbonyl (C=O) groups excluding carboxylic acids is 1. The molecule has 1 amide bonds. The molecule has 0 aliphatic carbocycles. The maximum Gasteiger partial charge on any atom is 0.257 e. The molecule has 0 unspecified atom stereocenters. The Morgan fingerprint density at radius 2 is 1.97 bits per heavy atom. The molecular formula is C22H17N7OS. The number of anilines is 1. The number of benzene rings is 1. The van der Waals surface area contributed by atoms with Crippen LogP contribution >= 0.6 is 11.3 Å². The van der Waals surface area contributed by atoms with E-state index in [1.54, 1.807) is 29.9 Å². The third-order valence-corrected chi connectivity index (χ3v) is 5.59. The fourth-order valence-electron chi connectivity index (χ4n) is 3.23. The van der Waals surface area contributed by atoms with E-state index in [0.717, 1.165) is 10.4 Å². The van der Waals surface area contributed by atoms with Gasteiger partial charge in [-0.1, -0.05) is 24.3 Å². The van der Waals surface area contributed by atoms with Gasteiger partial charge in [0.25, 0.3) is 5.91 Å². The summed E-state index contributed by atoms with van der Waals surface area (Å²) in [6, 6.07) is 15.1. The standard InChI is InChI=1S/C22H17N7OS/c23-20-18(22(30)25-13-15-6-4-10-31-15)19-21(28-17-8-2-1-7-16(17)27-19)29(20)26-12-14-5-3-9-24-11-14/h1-12H,13,23H2,(H,25,30)/b26-12+. The Morgan fingerprint density at radius 3 is 2.71 bits per heavy atom. The van der Waals surface area contributed by atoms with Crippen molar-refractivity contribution < 1.29 is 4.79 Å². The van der Waals surface area contributed by atoms with Crippen molar-refractivity contribution in [3.8, 4) is 0 Å². The van der Waals surface area contributed by atoms with Gasteiger partial charge in [-0.2, -0.15) is 9.78 Å². The van der Waals surface area contributed by atoms with Crippen molar-refractivity contribution in [2.24, 2.45) is 5.10 Å². The predicted octanol–water partition coefficient (Wildman–Crippen LogP) is 3.44. The highest BCUT2D eigenvalue weighted by Gasteiger charge is 2.24. The Balaban J connectivity index is 1.63. The molecule has 4 heterocycles. The third kappa shape index (κ3) is 3.62. The number of hydrogen-bond donors (Lipinski definition) is 2. The van der Waals surface area contributed by atoms with Crippen LogP contribution in [0, 0.1) is 0 Å². The van der Waals surface area contributed by atoms with Crippen molar-refractivity contribution in [1.29, 1.82) is 0 Å². The Hall–Kier alpha value is -4.11. The van der Waals surface area contributed by atoms with Crippen LogP contribution in [0.2, 0.25) is 0 Å². The Kier molecular flexibility index (Phi) is 4.85. The monoisotopic (exact) mass is 427 g/mol. The van der Waals surface area contributed by atoms with Gasteiger partial charge in [0, 0.05) is 22.8 Å². The van der Waals surface area contributed by atoms with E-state index in [4.69, 9.17) is 5.73 Å². The molecule has 0 radical (unpaired) electrons. The van der Waals surface area contributed by atoms with Gasteiger partial charge in [0.2, 0.25) is 0 Å². The van der Waals surface area contributed by atoms with E-state index in [1.807, 2.05) is 53.9 Å². The lowest BCUT2D eigenvalue weighted by atomic mass is 10.2. The summed E-state index contributed by atoms with van der Waals surface area (Å²) >= 11 is 1.57. The summed E-state index contributed by atoms with van der Waals surface area (Å²) in [5.74, 6) is -0.148. The van der Waals surface area contributed by atoms with Crippen LogP contribution < -0.4 is 11.1 Å². The van der Waals surface area contributed by atoms with E-state index >= 15 is 0 Å². The zero-order valence-electron chi connectivity index (χ0n) is 16.3. The normalized spacial score (nSPS) is 11.5. The highest BCUT2D eigenvalue weighted by atomic mass is 32.1. The van der Waals surface area contributed by atoms with Crippen molar-refractivity contribution in [3.63, 3.8) is 0 Å². The summed E-state index contributed by atoms with van der Waals surface area (Å²) in [4.78, 5) is 27.5. The minimum Gasteiger partial charge on any atom is -0.383 e. The first-order valence-electron chi connectivity index (χ1n) is 9.52. The lowest BCUT2D eigenvalue weighted by molar-refractivity contribution is 0.0953. The van der Waals surface area contributed by atoms with Gasteiger partial charge >= 0.3 is 0 Å². The first-order chi connectivity index (χ1) is 15.2. The summed E-state index contributed by atoms with van der Waals surface area (Å²) in [6.07, 6.45) is 4.98. The molecule has 152 valence electrons. The van der Waals surface area contributed by atoms with Crippen LogP contribution in [0.25, 0.3) is 22.2 Å². The molecule has 4 aromatic heterocycles. The molecule has 31 heavy (non-hydrogen) atoms. The molecule has 3 N–H and O–H groups in total. The SMILES string of the molecule is Nc1c(C(=O)NCc2cccs2)c2nc3ccccc3nc2n1/N=C/c1cccnc1. The lowest BCUT2D eigenvalue weighted by Gasteiger charge is -2.04. The highest BCUT2D eigenvalue weighted by Crippen LogP contribution is 2.28. The van der Waals surface area contributed by atoms with Crippen molar-refractivity contribution in [2.45, 2.75) is 6.54 Å². The zero-order chi connectivity index (χ0) is 21.2. The van der Waals surface area contributed by atoms with Crippen LogP contribution in [-0.2, 0) is 6.54 Å². The lowest BCUT2D eigenvalue weighted by Crippen LogP contribution is -2.23. The number of nitrogens with zero attached hydrogens (tertiary/aromatic N) is 5. The van der Waals surface area contributed by atoms with E-state index in [9.17, 15) is 4.79 Å². The number of para-hydroxylation sites is 2. The molecule has 0 bridgehead atoms. The number of hydrogen-bond acceptors (Lipinski definition) is 7. The average molecular weight is 427 g/mol. The second-order valence-corrected chi connectivity index (χ2v) is 7.78. The summed E-state index contributed by atoms with van der Waals surface area (Å²) in [7, 11) is 0. The largest absolute Gasteiger partial charge is 0.383 e. The van der Waals surface area contributed by atoms with Gasteiger partial charge in [-0.15, -0.1) is 11.3 Å². The molecule has 1 aromatic carbocycles. The van der Waals surface area contributed by atoms with E-state index in [2.05, 4.69) is 25.4 Å². The maximum atomic E-state index is 13.1. The molecular weight excluding hydrogens is 410 g/mol. The number of aromatic nitrogens is 4. The number of fused-ring (bicyclic) bond motifs is 2. The van der Waals surface area contributed by atoms with Gasteiger partial charge in [-0.05, 0) is 29.6 Å². The fraction of sp³-hybridized carbons (Fsp3) is 0.0455. The van der Waals surface area contributed by atoms with Crippen LogP contribution in [0.1, 0.15) is 20.8 Å². The van der Waals surface area contributed by atoms with Gasteiger partial charge < -0.3 is 11.1 Å². The Bertz CT molecular complexity index is 1410. The van der Waals surface area contributed by atoms with E-state index in [-0.39, 0.29) is 17.3 Å². The summed E-state index contributed by atoms with van der Waals surface area (Å²) in [6.45, 7) is 0.405. The summed E-state index contributed by atoms with van der Waals surface area (Å²) in [5.41, 5.74) is 9.63. The minimum atomic E-state index is -0.323. The Morgan fingerprint density at radius 1 is 1.13 bits per heavy atom. The van der Waals surface area contributed by atoms with Gasteiger partial charge in [-0.25, -0.2) is 9.97 Å². The summed E-state index contributed by atoms with van der Waals surface area (Å²) in [5, 5.41) is 9.35. The molecule has 0 spiro atoms. The van der Waals surface area contributed by atoms with Gasteiger partial charge in [0.15, 0.2) is 5.65 Å². The van der Waals surface area contributed by atoms with Gasteiger partial charge in [-0.3, -0.25) is 9.78 Å². The van der Waals surface area contributed by atoms with Crippen LogP contribution in [0.15, 0.2) is 71.4 Å². The molecule has 0 saturated heterocycles. The van der Waals surface area contributed by atoms with Crippen molar-refractivity contribution in [3.05, 3.63) is 82.3 Å². The maximum absolute atomic E-state index is 13.1. The highest BCUT2D eigenvalue weighted by molar-refractivity contribution is 7.09. The molecule has 5 rings (SSSR count). The first-order valence-corrected chi connectivity index (χ1v) is 10.4. The second kappa shape index (κ2) is 7.96. The number of pyridine rings is 1. The molecule has 0 aliphatic heterocycles. The quantitative estimate of drug-likeness (QED) is 0.418. The summed E-state index contributed by atoms with van der Waals surface area (Å²) < 4.78 is 1.45. The van der Waals surface area contributed by atoms with Gasteiger partial charge in [0.1, 0.15) is 16.9 Å². The molecule has 0 saturated carbocycles. The molecule has 0 atom stereocenters. The zero-order valence-corrected chi connectivity index (χ0v) is 17.1. The van der Waals surface area contributed by atoms with Crippen LogP contribution in [0.4, 0.5) is 5.82 Å². The number of nitrogen functional groups attached to an aromatic ring is 1. The molecule has 9 heteroatoms. The number of carbonyl (C=O) groups is 1. The average Bonchev–Trinajstić information content (AvgIpc) is 3.41. The second-order valence-electron chi connectivity index (χ2n) is 6.75. The topological polar surface area (TPSA) is 111 Å². The van der Waals surface area contributed by atoms with Crippen molar-refractivity contribution >= 4 is 51.5 Å². The van der Waals surface area contributed by atoms with Crippen LogP contribution in [-0.4, -0.2) is 31.7 Å². The number of rotatable bonds is 5. The van der Waals surface area contributed by atoms with E-state index in [0.29, 0.717) is 28.7 Å². The minimum absolute atomic E-state index is 0.175. The molecule has 0 fully saturated rings. The van der Waals surface area contributed by atoms with Crippen LogP contribution in [0.5, 0.6) is 0 Å². The molecule has 5 aromatic rings. The van der Waals surface area contributed by atoms with Crippen LogP contribution in [0.3, 0.4) is 0 Å². The Labute approximate surface area is 181 Å². The number of thiophene rings is 1. The van der Waals surface area contributed by atoms with E-state index < -0.39 is 0 Å². The van der Waals surface area contributed by atoms with Crippen molar-refractivity contribution in [2.75, 3.05) is 5.73 Å². The first kappa shape index (κ1) is 18.9. The van der Waals surface area contributed by atoms with Gasteiger partial charge in [0.05, 0.1) is 23.8 Å². The van der Waals surface area contributed by atoms with Crippen molar-refractivity contribution in [1.82, 2.24) is 24.9 Å².